The number of hydrogen-bond acceptors (Lipinski definition) is 4. The number of nitrogen functional groups attached to an aromatic ring is 1. The Kier molecular flexibility index (Phi) is 3.81. The van der Waals surface area contributed by atoms with E-state index in [0.29, 0.717) is 16.9 Å². The van der Waals surface area contributed by atoms with E-state index in [4.69, 9.17) is 5.73 Å². The maximum absolute atomic E-state index is 12.0. The van der Waals surface area contributed by atoms with Gasteiger partial charge >= 0.3 is 0 Å². The summed E-state index contributed by atoms with van der Waals surface area (Å²) < 4.78 is 0. The average molecular weight is 249 g/mol. The van der Waals surface area contributed by atoms with Crippen molar-refractivity contribution in [3.05, 3.63) is 23.5 Å². The van der Waals surface area contributed by atoms with Gasteiger partial charge in [-0.2, -0.15) is 0 Å². The van der Waals surface area contributed by atoms with Gasteiger partial charge in [0.05, 0.1) is 29.1 Å². The zero-order valence-electron chi connectivity index (χ0n) is 10.5. The number of pyridine rings is 1. The second-order valence-electron chi connectivity index (χ2n) is 4.83. The molecule has 5 heteroatoms. The molecule has 4 N–H and O–H groups in total. The van der Waals surface area contributed by atoms with E-state index in [9.17, 15) is 9.90 Å². The highest BCUT2D eigenvalue weighted by Crippen LogP contribution is 2.19. The SMILES string of the molecule is Cc1ncc(C(=O)N[C@H]2CCCC[C@@H]2O)cc1N. The van der Waals surface area contributed by atoms with Crippen molar-refractivity contribution in [1.82, 2.24) is 10.3 Å². The third-order valence-electron chi connectivity index (χ3n) is 3.43. The maximum atomic E-state index is 12.0. The third-order valence-corrected chi connectivity index (χ3v) is 3.43. The second kappa shape index (κ2) is 5.35. The molecule has 18 heavy (non-hydrogen) atoms. The van der Waals surface area contributed by atoms with Crippen LogP contribution in [-0.2, 0) is 0 Å². The van der Waals surface area contributed by atoms with E-state index in [1.165, 1.54) is 6.20 Å². The fraction of sp³-hybridized carbons (Fsp3) is 0.538. The van der Waals surface area contributed by atoms with Gasteiger partial charge in [-0.1, -0.05) is 12.8 Å². The third kappa shape index (κ3) is 2.79. The minimum atomic E-state index is -0.446. The number of carbonyl (C=O) groups is 1. The summed E-state index contributed by atoms with van der Waals surface area (Å²) in [6.45, 7) is 1.79. The van der Waals surface area contributed by atoms with E-state index in [2.05, 4.69) is 10.3 Å². The molecule has 1 aliphatic rings. The number of rotatable bonds is 2. The van der Waals surface area contributed by atoms with Gasteiger partial charge in [0.2, 0.25) is 0 Å². The lowest BCUT2D eigenvalue weighted by Crippen LogP contribution is -2.45. The monoisotopic (exact) mass is 249 g/mol. The Morgan fingerprint density at radius 1 is 1.50 bits per heavy atom. The number of carbonyl (C=O) groups excluding carboxylic acids is 1. The number of aliphatic hydroxyl groups excluding tert-OH is 1. The molecule has 2 rings (SSSR count). The molecule has 0 aliphatic heterocycles. The first-order valence-electron chi connectivity index (χ1n) is 6.29. The van der Waals surface area contributed by atoms with Gasteiger partial charge in [-0.3, -0.25) is 9.78 Å². The number of hydrogen-bond donors (Lipinski definition) is 3. The number of nitrogens with zero attached hydrogens (tertiary/aromatic N) is 1. The molecule has 98 valence electrons. The van der Waals surface area contributed by atoms with Crippen LogP contribution in [0.5, 0.6) is 0 Å². The number of anilines is 1. The molecule has 2 atom stereocenters. The summed E-state index contributed by atoms with van der Waals surface area (Å²) in [5.74, 6) is -0.222. The van der Waals surface area contributed by atoms with E-state index in [-0.39, 0.29) is 11.9 Å². The molecule has 0 saturated heterocycles. The zero-order valence-corrected chi connectivity index (χ0v) is 10.5. The molecule has 1 aromatic rings. The first-order valence-corrected chi connectivity index (χ1v) is 6.29. The standard InChI is InChI=1S/C13H19N3O2/c1-8-10(14)6-9(7-15-8)13(18)16-11-4-2-3-5-12(11)17/h6-7,11-12,17H,2-5,14H2,1H3,(H,16,18)/t11-,12-/m0/s1. The van der Waals surface area contributed by atoms with Crippen LogP contribution in [0.25, 0.3) is 0 Å². The Morgan fingerprint density at radius 3 is 2.89 bits per heavy atom. The lowest BCUT2D eigenvalue weighted by Gasteiger charge is -2.28. The maximum Gasteiger partial charge on any atom is 0.253 e. The summed E-state index contributed by atoms with van der Waals surface area (Å²) in [5, 5.41) is 12.7. The predicted octanol–water partition coefficient (Wildman–Crippen LogP) is 1.01. The first kappa shape index (κ1) is 12.8. The van der Waals surface area contributed by atoms with Gasteiger partial charge in [0.25, 0.3) is 5.91 Å². The lowest BCUT2D eigenvalue weighted by molar-refractivity contribution is 0.0717. The van der Waals surface area contributed by atoms with Crippen LogP contribution in [0.3, 0.4) is 0 Å². The molecule has 0 bridgehead atoms. The van der Waals surface area contributed by atoms with E-state index in [0.717, 1.165) is 25.7 Å². The molecule has 1 amide bonds. The predicted molar refractivity (Wildman–Crippen MR) is 69.1 cm³/mol. The summed E-state index contributed by atoms with van der Waals surface area (Å²) in [5.41, 5.74) is 7.39. The molecule has 1 aliphatic carbocycles. The van der Waals surface area contributed by atoms with Crippen molar-refractivity contribution in [2.24, 2.45) is 0 Å². The number of amides is 1. The van der Waals surface area contributed by atoms with E-state index in [1.54, 1.807) is 13.0 Å². The summed E-state index contributed by atoms with van der Waals surface area (Å²) >= 11 is 0. The Hall–Kier alpha value is -1.62. The van der Waals surface area contributed by atoms with Crippen LogP contribution in [0.1, 0.15) is 41.7 Å². The summed E-state index contributed by atoms with van der Waals surface area (Å²) in [6.07, 6.45) is 4.69. The van der Waals surface area contributed by atoms with E-state index in [1.807, 2.05) is 0 Å². The smallest absolute Gasteiger partial charge is 0.253 e. The largest absolute Gasteiger partial charge is 0.397 e. The van der Waals surface area contributed by atoms with Crippen molar-refractivity contribution >= 4 is 11.6 Å². The van der Waals surface area contributed by atoms with Crippen molar-refractivity contribution in [3.8, 4) is 0 Å². The van der Waals surface area contributed by atoms with Gasteiger partial charge in [-0.15, -0.1) is 0 Å². The van der Waals surface area contributed by atoms with Crippen LogP contribution < -0.4 is 11.1 Å². The normalized spacial score (nSPS) is 23.7. The fourth-order valence-corrected chi connectivity index (χ4v) is 2.21. The Morgan fingerprint density at radius 2 is 2.22 bits per heavy atom. The molecule has 1 heterocycles. The number of nitrogens with two attached hydrogens (primary N) is 1. The molecule has 0 unspecified atom stereocenters. The molecule has 0 spiro atoms. The number of aryl methyl sites for hydroxylation is 1. The van der Waals surface area contributed by atoms with Gasteiger partial charge < -0.3 is 16.2 Å². The summed E-state index contributed by atoms with van der Waals surface area (Å²) in [7, 11) is 0. The number of nitrogens with one attached hydrogen (secondary N) is 1. The van der Waals surface area contributed by atoms with Gasteiger partial charge in [0.1, 0.15) is 0 Å². The van der Waals surface area contributed by atoms with Crippen LogP contribution in [0.2, 0.25) is 0 Å². The fourth-order valence-electron chi connectivity index (χ4n) is 2.21. The zero-order chi connectivity index (χ0) is 13.1. The van der Waals surface area contributed by atoms with Crippen molar-refractivity contribution in [3.63, 3.8) is 0 Å². The second-order valence-corrected chi connectivity index (χ2v) is 4.83. The first-order chi connectivity index (χ1) is 8.58. The van der Waals surface area contributed by atoms with E-state index < -0.39 is 6.10 Å². The van der Waals surface area contributed by atoms with Crippen LogP contribution in [0.4, 0.5) is 5.69 Å². The van der Waals surface area contributed by atoms with Crippen molar-refractivity contribution in [2.75, 3.05) is 5.73 Å². The van der Waals surface area contributed by atoms with Gasteiger partial charge in [-0.25, -0.2) is 0 Å². The molecule has 0 aromatic carbocycles. The highest BCUT2D eigenvalue weighted by Gasteiger charge is 2.24. The molecule has 5 nitrogen and oxygen atoms in total. The molecule has 1 saturated carbocycles. The van der Waals surface area contributed by atoms with Gasteiger partial charge in [0.15, 0.2) is 0 Å². The van der Waals surface area contributed by atoms with Crippen LogP contribution in [0.15, 0.2) is 12.3 Å². The van der Waals surface area contributed by atoms with Crippen LogP contribution in [-0.4, -0.2) is 28.1 Å². The number of aromatic nitrogens is 1. The highest BCUT2D eigenvalue weighted by atomic mass is 16.3. The molecular weight excluding hydrogens is 230 g/mol. The lowest BCUT2D eigenvalue weighted by atomic mass is 9.92. The van der Waals surface area contributed by atoms with Gasteiger partial charge in [-0.05, 0) is 25.8 Å². The average Bonchev–Trinajstić information content (AvgIpc) is 2.35. The summed E-state index contributed by atoms with van der Waals surface area (Å²) in [4.78, 5) is 16.1. The molecule has 1 aromatic heterocycles. The quantitative estimate of drug-likeness (QED) is 0.729. The topological polar surface area (TPSA) is 88.2 Å². The molecule has 1 fully saturated rings. The molecule has 0 radical (unpaired) electrons. The van der Waals surface area contributed by atoms with Crippen molar-refractivity contribution in [1.29, 1.82) is 0 Å². The minimum absolute atomic E-state index is 0.159. The Balaban J connectivity index is 2.04. The Bertz CT molecular complexity index is 448. The number of aliphatic hydroxyl groups is 1. The summed E-state index contributed by atoms with van der Waals surface area (Å²) in [6, 6.07) is 1.46. The highest BCUT2D eigenvalue weighted by molar-refractivity contribution is 5.95. The van der Waals surface area contributed by atoms with Crippen molar-refractivity contribution < 1.29 is 9.90 Å². The van der Waals surface area contributed by atoms with Crippen molar-refractivity contribution in [2.45, 2.75) is 44.8 Å². The minimum Gasteiger partial charge on any atom is -0.397 e. The molecular formula is C13H19N3O2. The van der Waals surface area contributed by atoms with Gasteiger partial charge in [0, 0.05) is 6.20 Å². The van der Waals surface area contributed by atoms with E-state index >= 15 is 0 Å². The Labute approximate surface area is 106 Å². The van der Waals surface area contributed by atoms with Crippen LogP contribution in [0, 0.1) is 6.92 Å². The van der Waals surface area contributed by atoms with Crippen LogP contribution >= 0.6 is 0 Å².